The first-order valence-electron chi connectivity index (χ1n) is 14.5. The van der Waals surface area contributed by atoms with Crippen LogP contribution in [0.3, 0.4) is 0 Å². The summed E-state index contributed by atoms with van der Waals surface area (Å²) in [7, 11) is -4.21. The molecule has 0 radical (unpaired) electrons. The van der Waals surface area contributed by atoms with Crippen LogP contribution in [0, 0.1) is 20.8 Å². The first-order valence-corrected chi connectivity index (χ1v) is 16.3. The van der Waals surface area contributed by atoms with Crippen LogP contribution in [0.5, 0.6) is 0 Å². The van der Waals surface area contributed by atoms with Crippen molar-refractivity contribution in [3.05, 3.63) is 130 Å². The number of anilines is 1. The summed E-state index contributed by atoms with van der Waals surface area (Å²) in [5.41, 5.74) is 4.51. The molecule has 0 aliphatic carbocycles. The van der Waals surface area contributed by atoms with Crippen molar-refractivity contribution in [2.75, 3.05) is 17.4 Å². The van der Waals surface area contributed by atoms with Gasteiger partial charge in [-0.05, 0) is 74.2 Å². The topological polar surface area (TPSA) is 86.8 Å². The molecule has 44 heavy (non-hydrogen) atoms. The van der Waals surface area contributed by atoms with Crippen molar-refractivity contribution in [3.8, 4) is 0 Å². The number of carbonyl (C=O) groups is 2. The first kappa shape index (κ1) is 32.8. The molecule has 0 heterocycles. The zero-order valence-electron chi connectivity index (χ0n) is 25.5. The summed E-state index contributed by atoms with van der Waals surface area (Å²) in [6.07, 6.45) is 0.255. The number of halogens is 1. The molecule has 1 unspecified atom stereocenters. The fourth-order valence-electron chi connectivity index (χ4n) is 5.02. The molecule has 0 aliphatic heterocycles. The molecule has 7 nitrogen and oxygen atoms in total. The molecule has 230 valence electrons. The predicted molar refractivity (Wildman–Crippen MR) is 176 cm³/mol. The summed E-state index contributed by atoms with van der Waals surface area (Å²) in [6, 6.07) is 27.7. The van der Waals surface area contributed by atoms with Crippen molar-refractivity contribution >= 4 is 39.1 Å². The van der Waals surface area contributed by atoms with E-state index in [0.29, 0.717) is 22.8 Å². The number of sulfonamides is 1. The van der Waals surface area contributed by atoms with E-state index in [9.17, 15) is 18.0 Å². The molecule has 1 N–H and O–H groups in total. The second kappa shape index (κ2) is 14.6. The highest BCUT2D eigenvalue weighted by atomic mass is 35.5. The number of benzene rings is 4. The van der Waals surface area contributed by atoms with Crippen LogP contribution in [0.15, 0.2) is 102 Å². The maximum atomic E-state index is 14.5. The quantitative estimate of drug-likeness (QED) is 0.201. The van der Waals surface area contributed by atoms with Gasteiger partial charge in [0.15, 0.2) is 0 Å². The van der Waals surface area contributed by atoms with Crippen LogP contribution >= 0.6 is 11.6 Å². The summed E-state index contributed by atoms with van der Waals surface area (Å²) in [5, 5.41) is 3.22. The normalized spacial score (nSPS) is 11.9. The molecule has 0 saturated carbocycles. The minimum Gasteiger partial charge on any atom is -0.355 e. The van der Waals surface area contributed by atoms with Crippen molar-refractivity contribution < 1.29 is 18.0 Å². The first-order chi connectivity index (χ1) is 21.0. The number of hydrogen-bond donors (Lipinski definition) is 1. The fraction of sp³-hybridized carbons (Fsp3) is 0.257. The van der Waals surface area contributed by atoms with E-state index in [1.54, 1.807) is 37.3 Å². The van der Waals surface area contributed by atoms with E-state index in [2.05, 4.69) is 5.32 Å². The molecule has 9 heteroatoms. The van der Waals surface area contributed by atoms with Crippen LogP contribution in [0.25, 0.3) is 0 Å². The number of hydrogen-bond acceptors (Lipinski definition) is 4. The lowest BCUT2D eigenvalue weighted by Gasteiger charge is -2.34. The van der Waals surface area contributed by atoms with Gasteiger partial charge in [0.1, 0.15) is 12.6 Å². The summed E-state index contributed by atoms with van der Waals surface area (Å²) in [6.45, 7) is 7.37. The van der Waals surface area contributed by atoms with Gasteiger partial charge in [0.2, 0.25) is 11.8 Å². The van der Waals surface area contributed by atoms with Gasteiger partial charge in [-0.3, -0.25) is 13.9 Å². The molecule has 4 aromatic rings. The molecule has 0 bridgehead atoms. The number of carbonyl (C=O) groups excluding carboxylic acids is 2. The second-order valence-corrected chi connectivity index (χ2v) is 13.1. The Morgan fingerprint density at radius 2 is 1.50 bits per heavy atom. The third-order valence-electron chi connectivity index (χ3n) is 7.55. The highest BCUT2D eigenvalue weighted by Gasteiger charge is 2.35. The van der Waals surface area contributed by atoms with Gasteiger partial charge >= 0.3 is 0 Å². The maximum absolute atomic E-state index is 14.5. The Labute approximate surface area is 265 Å². The van der Waals surface area contributed by atoms with Crippen molar-refractivity contribution in [2.45, 2.75) is 51.6 Å². The van der Waals surface area contributed by atoms with Crippen molar-refractivity contribution in [2.24, 2.45) is 0 Å². The Balaban J connectivity index is 1.83. The van der Waals surface area contributed by atoms with Gasteiger partial charge in [-0.2, -0.15) is 0 Å². The number of nitrogens with one attached hydrogen (secondary N) is 1. The van der Waals surface area contributed by atoms with Gasteiger partial charge < -0.3 is 10.2 Å². The molecule has 2 amide bonds. The van der Waals surface area contributed by atoms with Crippen LogP contribution in [-0.2, 0) is 32.6 Å². The molecule has 0 fully saturated rings. The standard InChI is InChI=1S/C35H38ClN3O4S/c1-5-37-35(41)33(21-28-12-7-6-8-13-28)38(23-29-14-10-9-11-26(29)3)34(40)24-39(32-22-30(36)18-17-27(32)4)44(42,43)31-19-15-25(2)16-20-31/h6-20,22,33H,5,21,23-24H2,1-4H3,(H,37,41). The number of likely N-dealkylation sites (N-methyl/N-ethyl adjacent to an activating group) is 1. The van der Waals surface area contributed by atoms with Gasteiger partial charge in [-0.25, -0.2) is 8.42 Å². The van der Waals surface area contributed by atoms with E-state index < -0.39 is 28.5 Å². The van der Waals surface area contributed by atoms with Crippen LogP contribution < -0.4 is 9.62 Å². The molecule has 0 saturated heterocycles. The van der Waals surface area contributed by atoms with Crippen LogP contribution in [-0.4, -0.2) is 44.3 Å². The lowest BCUT2D eigenvalue weighted by molar-refractivity contribution is -0.140. The summed E-state index contributed by atoms with van der Waals surface area (Å²) >= 11 is 6.35. The van der Waals surface area contributed by atoms with Gasteiger partial charge in [-0.1, -0.05) is 90.0 Å². The summed E-state index contributed by atoms with van der Waals surface area (Å²) in [4.78, 5) is 29.7. The summed E-state index contributed by atoms with van der Waals surface area (Å²) in [5.74, 6) is -0.833. The Hall–Kier alpha value is -4.14. The predicted octanol–water partition coefficient (Wildman–Crippen LogP) is 6.24. The SMILES string of the molecule is CCNC(=O)C(Cc1ccccc1)N(Cc1ccccc1C)C(=O)CN(c1cc(Cl)ccc1C)S(=O)(=O)c1ccc(C)cc1. The van der Waals surface area contributed by atoms with Crippen LogP contribution in [0.2, 0.25) is 5.02 Å². The number of rotatable bonds is 12. The Morgan fingerprint density at radius 3 is 2.16 bits per heavy atom. The molecule has 1 atom stereocenters. The third kappa shape index (κ3) is 7.87. The molecule has 0 aromatic heterocycles. The van der Waals surface area contributed by atoms with Crippen molar-refractivity contribution in [1.82, 2.24) is 10.2 Å². The molecule has 4 rings (SSSR count). The zero-order valence-corrected chi connectivity index (χ0v) is 27.0. The molecule has 0 aliphatic rings. The van der Waals surface area contributed by atoms with Gasteiger partial charge in [-0.15, -0.1) is 0 Å². The van der Waals surface area contributed by atoms with E-state index in [1.807, 2.05) is 75.4 Å². The van der Waals surface area contributed by atoms with Gasteiger partial charge in [0, 0.05) is 24.5 Å². The number of aryl methyl sites for hydroxylation is 3. The van der Waals surface area contributed by atoms with Gasteiger partial charge in [0.25, 0.3) is 10.0 Å². The highest BCUT2D eigenvalue weighted by Crippen LogP contribution is 2.30. The molecule has 0 spiro atoms. The molecular weight excluding hydrogens is 594 g/mol. The Morgan fingerprint density at radius 1 is 0.841 bits per heavy atom. The van der Waals surface area contributed by atoms with Crippen LogP contribution in [0.4, 0.5) is 5.69 Å². The van der Waals surface area contributed by atoms with E-state index in [4.69, 9.17) is 11.6 Å². The van der Waals surface area contributed by atoms with E-state index >= 15 is 0 Å². The monoisotopic (exact) mass is 631 g/mol. The molecule has 4 aromatic carbocycles. The lowest BCUT2D eigenvalue weighted by Crippen LogP contribution is -2.53. The van der Waals surface area contributed by atoms with E-state index in [-0.39, 0.29) is 23.8 Å². The van der Waals surface area contributed by atoms with Crippen molar-refractivity contribution in [3.63, 3.8) is 0 Å². The second-order valence-electron chi connectivity index (χ2n) is 10.8. The minimum atomic E-state index is -4.21. The van der Waals surface area contributed by atoms with Crippen molar-refractivity contribution in [1.29, 1.82) is 0 Å². The lowest BCUT2D eigenvalue weighted by atomic mass is 10.0. The minimum absolute atomic E-state index is 0.0466. The average Bonchev–Trinajstić information content (AvgIpc) is 3.00. The smallest absolute Gasteiger partial charge is 0.264 e. The largest absolute Gasteiger partial charge is 0.355 e. The fourth-order valence-corrected chi connectivity index (χ4v) is 6.66. The zero-order chi connectivity index (χ0) is 31.9. The van der Waals surface area contributed by atoms with Gasteiger partial charge in [0.05, 0.1) is 10.6 Å². The highest BCUT2D eigenvalue weighted by molar-refractivity contribution is 7.92. The third-order valence-corrected chi connectivity index (χ3v) is 9.56. The van der Waals surface area contributed by atoms with E-state index in [0.717, 1.165) is 26.6 Å². The number of nitrogens with zero attached hydrogens (tertiary/aromatic N) is 2. The number of amides is 2. The van der Waals surface area contributed by atoms with Crippen LogP contribution in [0.1, 0.15) is 34.7 Å². The summed E-state index contributed by atoms with van der Waals surface area (Å²) < 4.78 is 29.5. The average molecular weight is 632 g/mol. The molecular formula is C35H38ClN3O4S. The van der Waals surface area contributed by atoms with E-state index in [1.165, 1.54) is 17.0 Å². The maximum Gasteiger partial charge on any atom is 0.264 e. The Kier molecular flexibility index (Phi) is 10.8. The Bertz CT molecular complexity index is 1710.